The second-order valence-corrected chi connectivity index (χ2v) is 6.31. The Hall–Kier alpha value is -1.35. The van der Waals surface area contributed by atoms with Gasteiger partial charge in [-0.15, -0.1) is 0 Å². The zero-order valence-corrected chi connectivity index (χ0v) is 12.8. The average Bonchev–Trinajstić information content (AvgIpc) is 2.26. The molecule has 1 aromatic carbocycles. The number of hydrogen-bond acceptors (Lipinski definition) is 2. The molecular weight excluding hydrogens is 262 g/mol. The van der Waals surface area contributed by atoms with Gasteiger partial charge in [-0.1, -0.05) is 32.4 Å². The number of halogens is 1. The lowest BCUT2D eigenvalue weighted by Gasteiger charge is -2.18. The van der Waals surface area contributed by atoms with Crippen molar-refractivity contribution in [1.82, 2.24) is 5.32 Å². The van der Waals surface area contributed by atoms with Gasteiger partial charge in [0.25, 0.3) is 5.91 Å². The fraction of sp³-hybridized carbons (Fsp3) is 0.467. The third-order valence-corrected chi connectivity index (χ3v) is 2.90. The van der Waals surface area contributed by atoms with Crippen LogP contribution >= 0.6 is 11.6 Å². The van der Waals surface area contributed by atoms with Gasteiger partial charge < -0.3 is 5.32 Å². The van der Waals surface area contributed by atoms with E-state index >= 15 is 0 Å². The molecule has 0 saturated carbocycles. The molecule has 0 atom stereocenters. The molecule has 0 fully saturated rings. The van der Waals surface area contributed by atoms with Crippen LogP contribution in [-0.4, -0.2) is 17.7 Å². The van der Waals surface area contributed by atoms with E-state index in [1.165, 1.54) is 0 Å². The summed E-state index contributed by atoms with van der Waals surface area (Å²) in [6.45, 7) is 9.25. The number of benzene rings is 1. The van der Waals surface area contributed by atoms with Gasteiger partial charge >= 0.3 is 0 Å². The third-order valence-electron chi connectivity index (χ3n) is 2.57. The number of amides is 1. The first kappa shape index (κ1) is 15.7. The van der Waals surface area contributed by atoms with Gasteiger partial charge in [0.2, 0.25) is 0 Å². The highest BCUT2D eigenvalue weighted by molar-refractivity contribution is 6.34. The molecule has 0 radical (unpaired) electrons. The Balaban J connectivity index is 3.15. The maximum Gasteiger partial charge on any atom is 0.251 e. The van der Waals surface area contributed by atoms with Crippen molar-refractivity contribution in [1.29, 1.82) is 0 Å². The molecule has 0 heterocycles. The third kappa shape index (κ3) is 4.06. The first-order chi connectivity index (χ1) is 8.62. The molecule has 0 bridgehead atoms. The molecule has 0 saturated heterocycles. The molecule has 0 aliphatic heterocycles. The van der Waals surface area contributed by atoms with Gasteiger partial charge in [-0.25, -0.2) is 0 Å². The van der Waals surface area contributed by atoms with Crippen molar-refractivity contribution in [2.75, 3.05) is 0 Å². The zero-order valence-electron chi connectivity index (χ0n) is 12.0. The van der Waals surface area contributed by atoms with Crippen LogP contribution in [0.3, 0.4) is 0 Å². The van der Waals surface area contributed by atoms with Crippen molar-refractivity contribution in [3.8, 4) is 0 Å². The van der Waals surface area contributed by atoms with Crippen molar-refractivity contribution in [3.63, 3.8) is 0 Å². The quantitative estimate of drug-likeness (QED) is 0.859. The second kappa shape index (κ2) is 5.74. The average molecular weight is 282 g/mol. The Bertz CT molecular complexity index is 501. The molecule has 1 rings (SSSR count). The van der Waals surface area contributed by atoms with E-state index in [1.54, 1.807) is 18.2 Å². The van der Waals surface area contributed by atoms with E-state index in [1.807, 2.05) is 34.6 Å². The number of carbonyl (C=O) groups excluding carboxylic acids is 2. The summed E-state index contributed by atoms with van der Waals surface area (Å²) in [6.07, 6.45) is 0. The van der Waals surface area contributed by atoms with Gasteiger partial charge in [-0.2, -0.15) is 0 Å². The molecule has 0 spiro atoms. The highest BCUT2D eigenvalue weighted by Crippen LogP contribution is 2.26. The van der Waals surface area contributed by atoms with Crippen LogP contribution in [0, 0.1) is 5.41 Å². The summed E-state index contributed by atoms with van der Waals surface area (Å²) < 4.78 is 0. The lowest BCUT2D eigenvalue weighted by atomic mass is 9.86. The Morgan fingerprint density at radius 1 is 1.21 bits per heavy atom. The Labute approximate surface area is 119 Å². The molecule has 3 nitrogen and oxygen atoms in total. The van der Waals surface area contributed by atoms with Crippen molar-refractivity contribution >= 4 is 23.3 Å². The summed E-state index contributed by atoms with van der Waals surface area (Å²) >= 11 is 6.06. The fourth-order valence-electron chi connectivity index (χ4n) is 1.59. The normalized spacial score (nSPS) is 11.5. The minimum absolute atomic E-state index is 0.0462. The largest absolute Gasteiger partial charge is 0.350 e. The molecule has 104 valence electrons. The maximum atomic E-state index is 12.3. The van der Waals surface area contributed by atoms with Crippen molar-refractivity contribution in [2.45, 2.75) is 40.7 Å². The highest BCUT2D eigenvalue weighted by atomic mass is 35.5. The lowest BCUT2D eigenvalue weighted by Crippen LogP contribution is -2.30. The monoisotopic (exact) mass is 281 g/mol. The predicted molar refractivity (Wildman–Crippen MR) is 77.8 cm³/mol. The number of Topliss-reactive ketones (excluding diaryl/α,β-unsaturated/α-hetero) is 1. The van der Waals surface area contributed by atoms with Gasteiger partial charge in [0.15, 0.2) is 5.78 Å². The van der Waals surface area contributed by atoms with Gasteiger partial charge in [-0.05, 0) is 32.0 Å². The number of rotatable bonds is 3. The number of ketones is 1. The van der Waals surface area contributed by atoms with Gasteiger partial charge in [0.1, 0.15) is 0 Å². The van der Waals surface area contributed by atoms with E-state index in [0.717, 1.165) is 0 Å². The van der Waals surface area contributed by atoms with Crippen LogP contribution in [0.2, 0.25) is 5.02 Å². The van der Waals surface area contributed by atoms with Gasteiger partial charge in [0, 0.05) is 22.6 Å². The molecule has 4 heteroatoms. The summed E-state index contributed by atoms with van der Waals surface area (Å²) in [5.41, 5.74) is 0.313. The van der Waals surface area contributed by atoms with Crippen LogP contribution in [-0.2, 0) is 0 Å². The van der Waals surface area contributed by atoms with Crippen LogP contribution in [0.5, 0.6) is 0 Å². The van der Waals surface area contributed by atoms with Crippen LogP contribution in [0.4, 0.5) is 0 Å². The van der Waals surface area contributed by atoms with Gasteiger partial charge in [-0.3, -0.25) is 9.59 Å². The van der Waals surface area contributed by atoms with Crippen molar-refractivity contribution < 1.29 is 9.59 Å². The standard InChI is InChI=1S/C15H20ClNO2/c1-9(2)17-14(19)10-6-7-12(16)11(8-10)13(18)15(3,4)5/h6-9H,1-5H3,(H,17,19). The Morgan fingerprint density at radius 2 is 1.79 bits per heavy atom. The Kier molecular flexibility index (Phi) is 4.75. The Morgan fingerprint density at radius 3 is 2.26 bits per heavy atom. The molecule has 0 aliphatic carbocycles. The summed E-state index contributed by atoms with van der Waals surface area (Å²) in [5.74, 6) is -0.272. The van der Waals surface area contributed by atoms with Crippen LogP contribution < -0.4 is 5.32 Å². The molecule has 0 aliphatic rings. The van der Waals surface area contributed by atoms with E-state index in [0.29, 0.717) is 16.1 Å². The first-order valence-corrected chi connectivity index (χ1v) is 6.66. The molecule has 1 amide bonds. The molecule has 1 aromatic rings. The van der Waals surface area contributed by atoms with Crippen molar-refractivity contribution in [3.05, 3.63) is 34.3 Å². The first-order valence-electron chi connectivity index (χ1n) is 6.28. The number of nitrogens with one attached hydrogen (secondary N) is 1. The summed E-state index contributed by atoms with van der Waals surface area (Å²) in [5, 5.41) is 3.17. The van der Waals surface area contributed by atoms with E-state index in [-0.39, 0.29) is 17.7 Å². The molecule has 1 N–H and O–H groups in total. The van der Waals surface area contributed by atoms with E-state index in [9.17, 15) is 9.59 Å². The minimum Gasteiger partial charge on any atom is -0.350 e. The van der Waals surface area contributed by atoms with E-state index in [2.05, 4.69) is 5.32 Å². The summed E-state index contributed by atoms with van der Waals surface area (Å²) in [4.78, 5) is 24.2. The van der Waals surface area contributed by atoms with Crippen molar-refractivity contribution in [2.24, 2.45) is 5.41 Å². The van der Waals surface area contributed by atoms with Crippen LogP contribution in [0.25, 0.3) is 0 Å². The lowest BCUT2D eigenvalue weighted by molar-refractivity contribution is 0.0858. The molecule has 19 heavy (non-hydrogen) atoms. The SMILES string of the molecule is CC(C)NC(=O)c1ccc(Cl)c(C(=O)C(C)(C)C)c1. The van der Waals surface area contributed by atoms with Crippen LogP contribution in [0.1, 0.15) is 55.3 Å². The summed E-state index contributed by atoms with van der Waals surface area (Å²) in [7, 11) is 0. The van der Waals surface area contributed by atoms with Gasteiger partial charge in [0.05, 0.1) is 5.02 Å². The maximum absolute atomic E-state index is 12.3. The molecular formula is C15H20ClNO2. The zero-order chi connectivity index (χ0) is 14.8. The van der Waals surface area contributed by atoms with Crippen LogP contribution in [0.15, 0.2) is 18.2 Å². The minimum atomic E-state index is -0.531. The van der Waals surface area contributed by atoms with E-state index in [4.69, 9.17) is 11.6 Å². The molecule has 0 unspecified atom stereocenters. The topological polar surface area (TPSA) is 46.2 Å². The highest BCUT2D eigenvalue weighted by Gasteiger charge is 2.25. The smallest absolute Gasteiger partial charge is 0.251 e. The number of hydrogen-bond donors (Lipinski definition) is 1. The van der Waals surface area contributed by atoms with E-state index < -0.39 is 5.41 Å². The summed E-state index contributed by atoms with van der Waals surface area (Å²) in [6, 6.07) is 4.83. The fourth-order valence-corrected chi connectivity index (χ4v) is 1.79. The predicted octanol–water partition coefficient (Wildman–Crippen LogP) is 3.71. The number of carbonyl (C=O) groups is 2. The second-order valence-electron chi connectivity index (χ2n) is 5.90. The molecule has 0 aromatic heterocycles.